The number of rotatable bonds is 5. The largest absolute Gasteiger partial charge is 0.352 e. The van der Waals surface area contributed by atoms with E-state index in [1.54, 1.807) is 6.92 Å². The molecule has 0 spiro atoms. The van der Waals surface area contributed by atoms with Crippen LogP contribution in [0.5, 0.6) is 0 Å². The monoisotopic (exact) mass is 353 g/mol. The average molecular weight is 353 g/mol. The van der Waals surface area contributed by atoms with Gasteiger partial charge in [0.2, 0.25) is 5.91 Å². The Bertz CT molecular complexity index is 723. The third-order valence-corrected chi connectivity index (χ3v) is 4.43. The fraction of sp³-hybridized carbons (Fsp3) is 0.471. The smallest absolute Gasteiger partial charge is 0.325 e. The SMILES string of the molecule is CC(C)[C@H](C)NC(=O)CN1C(=O)N[C@@](C)(c2cc(F)ccc2F)C1=O. The lowest BCUT2D eigenvalue weighted by molar-refractivity contribution is -0.135. The van der Waals surface area contributed by atoms with Gasteiger partial charge >= 0.3 is 6.03 Å². The molecule has 0 aliphatic carbocycles. The minimum absolute atomic E-state index is 0.139. The van der Waals surface area contributed by atoms with Crippen molar-refractivity contribution in [3.8, 4) is 0 Å². The predicted molar refractivity (Wildman–Crippen MR) is 86.4 cm³/mol. The number of imide groups is 1. The van der Waals surface area contributed by atoms with Crippen molar-refractivity contribution in [3.05, 3.63) is 35.4 Å². The van der Waals surface area contributed by atoms with Crippen molar-refractivity contribution in [2.75, 3.05) is 6.54 Å². The number of benzene rings is 1. The van der Waals surface area contributed by atoms with Crippen molar-refractivity contribution in [2.24, 2.45) is 5.92 Å². The minimum Gasteiger partial charge on any atom is -0.352 e. The number of carbonyl (C=O) groups excluding carboxylic acids is 3. The van der Waals surface area contributed by atoms with Crippen LogP contribution in [0.4, 0.5) is 13.6 Å². The molecule has 4 amide bonds. The van der Waals surface area contributed by atoms with Crippen LogP contribution in [0.1, 0.15) is 33.3 Å². The van der Waals surface area contributed by atoms with Gasteiger partial charge in [0.05, 0.1) is 0 Å². The molecule has 1 aromatic rings. The van der Waals surface area contributed by atoms with E-state index in [2.05, 4.69) is 10.6 Å². The summed E-state index contributed by atoms with van der Waals surface area (Å²) < 4.78 is 27.5. The first kappa shape index (κ1) is 18.8. The lowest BCUT2D eigenvalue weighted by Gasteiger charge is -2.23. The number of nitrogens with zero attached hydrogens (tertiary/aromatic N) is 1. The zero-order chi connectivity index (χ0) is 18.9. The molecule has 0 radical (unpaired) electrons. The molecule has 0 unspecified atom stereocenters. The summed E-state index contributed by atoms with van der Waals surface area (Å²) in [6, 6.07) is 1.69. The Kier molecular flexibility index (Phi) is 5.10. The molecular weight excluding hydrogens is 332 g/mol. The number of nitrogens with one attached hydrogen (secondary N) is 2. The molecular formula is C17H21F2N3O3. The highest BCUT2D eigenvalue weighted by atomic mass is 19.1. The standard InChI is InChI=1S/C17H21F2N3O3/c1-9(2)10(3)20-14(23)8-22-15(24)17(4,21-16(22)25)12-7-11(18)5-6-13(12)19/h5-7,9-10H,8H2,1-4H3,(H,20,23)(H,21,25)/t10-,17-/m0/s1. The van der Waals surface area contributed by atoms with Crippen molar-refractivity contribution in [1.82, 2.24) is 15.5 Å². The van der Waals surface area contributed by atoms with Crippen LogP contribution >= 0.6 is 0 Å². The summed E-state index contributed by atoms with van der Waals surface area (Å²) in [5.41, 5.74) is -2.06. The topological polar surface area (TPSA) is 78.5 Å². The average Bonchev–Trinajstić information content (AvgIpc) is 2.73. The molecule has 1 aliphatic heterocycles. The van der Waals surface area contributed by atoms with Gasteiger partial charge in [-0.15, -0.1) is 0 Å². The molecule has 8 heteroatoms. The first-order valence-corrected chi connectivity index (χ1v) is 7.95. The second-order valence-electron chi connectivity index (χ2n) is 6.67. The van der Waals surface area contributed by atoms with Crippen LogP contribution in [-0.2, 0) is 15.1 Å². The van der Waals surface area contributed by atoms with E-state index in [0.29, 0.717) is 4.90 Å². The van der Waals surface area contributed by atoms with Crippen molar-refractivity contribution in [3.63, 3.8) is 0 Å². The van der Waals surface area contributed by atoms with Crippen LogP contribution in [0.25, 0.3) is 0 Å². The highest BCUT2D eigenvalue weighted by Crippen LogP contribution is 2.31. The Morgan fingerprint density at radius 3 is 2.52 bits per heavy atom. The Morgan fingerprint density at radius 1 is 1.28 bits per heavy atom. The molecule has 2 atom stereocenters. The summed E-state index contributed by atoms with van der Waals surface area (Å²) in [6.45, 7) is 6.43. The van der Waals surface area contributed by atoms with Crippen molar-refractivity contribution >= 4 is 17.8 Å². The van der Waals surface area contributed by atoms with E-state index < -0.39 is 41.6 Å². The van der Waals surface area contributed by atoms with Crippen LogP contribution in [-0.4, -0.2) is 35.3 Å². The third-order valence-electron chi connectivity index (χ3n) is 4.43. The number of amides is 4. The second kappa shape index (κ2) is 6.78. The maximum atomic E-state index is 14.0. The molecule has 2 N–H and O–H groups in total. The van der Waals surface area contributed by atoms with Gasteiger partial charge in [0.25, 0.3) is 5.91 Å². The van der Waals surface area contributed by atoms with E-state index in [1.807, 2.05) is 13.8 Å². The molecule has 2 rings (SSSR count). The molecule has 1 saturated heterocycles. The maximum Gasteiger partial charge on any atom is 0.325 e. The van der Waals surface area contributed by atoms with Crippen LogP contribution in [0.2, 0.25) is 0 Å². The molecule has 1 aliphatic rings. The summed E-state index contributed by atoms with van der Waals surface area (Å²) in [4.78, 5) is 37.5. The fourth-order valence-corrected chi connectivity index (χ4v) is 2.51. The Morgan fingerprint density at radius 2 is 1.92 bits per heavy atom. The quantitative estimate of drug-likeness (QED) is 0.794. The molecule has 0 bridgehead atoms. The Balaban J connectivity index is 2.22. The van der Waals surface area contributed by atoms with E-state index in [9.17, 15) is 23.2 Å². The zero-order valence-electron chi connectivity index (χ0n) is 14.5. The van der Waals surface area contributed by atoms with Crippen LogP contribution in [0, 0.1) is 17.6 Å². The summed E-state index contributed by atoms with van der Waals surface area (Å²) >= 11 is 0. The number of urea groups is 1. The third kappa shape index (κ3) is 3.62. The van der Waals surface area contributed by atoms with E-state index >= 15 is 0 Å². The van der Waals surface area contributed by atoms with Crippen molar-refractivity contribution in [1.29, 1.82) is 0 Å². The van der Waals surface area contributed by atoms with Crippen molar-refractivity contribution < 1.29 is 23.2 Å². The van der Waals surface area contributed by atoms with Crippen LogP contribution < -0.4 is 10.6 Å². The van der Waals surface area contributed by atoms with Gasteiger partial charge in [-0.1, -0.05) is 13.8 Å². The number of hydrogen-bond acceptors (Lipinski definition) is 3. The summed E-state index contributed by atoms with van der Waals surface area (Å²) in [5.74, 6) is -2.69. The minimum atomic E-state index is -1.77. The van der Waals surface area contributed by atoms with Gasteiger partial charge in [-0.05, 0) is 38.0 Å². The number of halogens is 2. The van der Waals surface area contributed by atoms with Gasteiger partial charge in [-0.25, -0.2) is 13.6 Å². The first-order valence-electron chi connectivity index (χ1n) is 7.95. The number of hydrogen-bond donors (Lipinski definition) is 2. The van der Waals surface area contributed by atoms with Crippen LogP contribution in [0.3, 0.4) is 0 Å². The van der Waals surface area contributed by atoms with E-state index in [0.717, 1.165) is 18.2 Å². The molecule has 136 valence electrons. The van der Waals surface area contributed by atoms with Gasteiger partial charge in [0.1, 0.15) is 23.7 Å². The lowest BCUT2D eigenvalue weighted by atomic mass is 9.91. The lowest BCUT2D eigenvalue weighted by Crippen LogP contribution is -2.46. The summed E-state index contributed by atoms with van der Waals surface area (Å²) in [7, 11) is 0. The predicted octanol–water partition coefficient (Wildman–Crippen LogP) is 1.89. The zero-order valence-corrected chi connectivity index (χ0v) is 14.5. The summed E-state index contributed by atoms with van der Waals surface area (Å²) in [5, 5.41) is 5.03. The number of carbonyl (C=O) groups is 3. The Hall–Kier alpha value is -2.51. The van der Waals surface area contributed by atoms with E-state index in [4.69, 9.17) is 0 Å². The second-order valence-corrected chi connectivity index (χ2v) is 6.67. The Labute approximate surface area is 144 Å². The highest BCUT2D eigenvalue weighted by molar-refractivity contribution is 6.09. The molecule has 1 heterocycles. The fourth-order valence-electron chi connectivity index (χ4n) is 2.51. The van der Waals surface area contributed by atoms with Gasteiger partial charge in [-0.2, -0.15) is 0 Å². The molecule has 25 heavy (non-hydrogen) atoms. The van der Waals surface area contributed by atoms with Gasteiger partial charge in [0, 0.05) is 11.6 Å². The molecule has 0 saturated carbocycles. The molecule has 1 aromatic carbocycles. The molecule has 6 nitrogen and oxygen atoms in total. The van der Waals surface area contributed by atoms with Crippen LogP contribution in [0.15, 0.2) is 18.2 Å². The maximum absolute atomic E-state index is 14.0. The molecule has 1 fully saturated rings. The molecule has 0 aromatic heterocycles. The van der Waals surface area contributed by atoms with E-state index in [-0.39, 0.29) is 17.5 Å². The normalized spacial score (nSPS) is 21.5. The van der Waals surface area contributed by atoms with Gasteiger partial charge in [-0.3, -0.25) is 14.5 Å². The first-order chi connectivity index (χ1) is 11.6. The summed E-state index contributed by atoms with van der Waals surface area (Å²) in [6.07, 6.45) is 0. The van der Waals surface area contributed by atoms with Gasteiger partial charge in [0.15, 0.2) is 0 Å². The highest BCUT2D eigenvalue weighted by Gasteiger charge is 2.50. The van der Waals surface area contributed by atoms with Crippen molar-refractivity contribution in [2.45, 2.75) is 39.3 Å². The van der Waals surface area contributed by atoms with Gasteiger partial charge < -0.3 is 10.6 Å². The van der Waals surface area contributed by atoms with E-state index in [1.165, 1.54) is 6.92 Å².